The summed E-state index contributed by atoms with van der Waals surface area (Å²) in [4.78, 5) is 9.93. The van der Waals surface area contributed by atoms with Crippen molar-refractivity contribution in [3.05, 3.63) is 62.4 Å². The molecule has 0 aliphatic heterocycles. The topological polar surface area (TPSA) is 64.4 Å². The number of halogens is 2. The fraction of sp³-hybridized carbons (Fsp3) is 0.143. The van der Waals surface area contributed by atoms with E-state index < -0.39 is 10.7 Å². The van der Waals surface area contributed by atoms with Gasteiger partial charge in [0.1, 0.15) is 5.75 Å². The van der Waals surface area contributed by atoms with E-state index in [1.807, 2.05) is 6.07 Å². The van der Waals surface area contributed by atoms with Gasteiger partial charge in [-0.15, -0.1) is 0 Å². The zero-order chi connectivity index (χ0) is 15.4. The van der Waals surface area contributed by atoms with Gasteiger partial charge in [-0.05, 0) is 31.3 Å². The highest BCUT2D eigenvalue weighted by Gasteiger charge is 2.13. The average molecular weight is 355 g/mol. The molecule has 0 amide bonds. The molecule has 21 heavy (non-hydrogen) atoms. The minimum absolute atomic E-state index is 0.0553. The van der Waals surface area contributed by atoms with Crippen LogP contribution in [0, 0.1) is 15.9 Å². The van der Waals surface area contributed by atoms with E-state index >= 15 is 0 Å². The number of nitro groups is 1. The van der Waals surface area contributed by atoms with Gasteiger partial charge in [0, 0.05) is 22.6 Å². The van der Waals surface area contributed by atoms with Crippen molar-refractivity contribution >= 4 is 21.6 Å². The van der Waals surface area contributed by atoms with Gasteiger partial charge in [0.05, 0.1) is 11.0 Å². The van der Waals surface area contributed by atoms with Crippen LogP contribution in [-0.4, -0.2) is 12.0 Å². The predicted octanol–water partition coefficient (Wildman–Crippen LogP) is 4.01. The number of ether oxygens (including phenoxy) is 1. The van der Waals surface area contributed by atoms with E-state index in [4.69, 9.17) is 4.74 Å². The third-order valence-electron chi connectivity index (χ3n) is 2.74. The fourth-order valence-electron chi connectivity index (χ4n) is 1.78. The molecule has 0 fully saturated rings. The number of rotatable bonds is 5. The van der Waals surface area contributed by atoms with Gasteiger partial charge < -0.3 is 10.1 Å². The molecule has 0 bridgehead atoms. The first-order valence-electron chi connectivity index (χ1n) is 6.06. The summed E-state index contributed by atoms with van der Waals surface area (Å²) in [5.74, 6) is -0.344. The van der Waals surface area contributed by atoms with Gasteiger partial charge in [-0.1, -0.05) is 15.9 Å². The van der Waals surface area contributed by atoms with Crippen LogP contribution in [0.5, 0.6) is 11.5 Å². The Hall–Kier alpha value is -1.99. The Morgan fingerprint density at radius 2 is 2.00 bits per heavy atom. The summed E-state index contributed by atoms with van der Waals surface area (Å²) in [6.45, 7) is 0.545. The Balaban J connectivity index is 2.32. The van der Waals surface area contributed by atoms with Crippen molar-refractivity contribution in [3.8, 4) is 11.5 Å². The predicted molar refractivity (Wildman–Crippen MR) is 80.0 cm³/mol. The zero-order valence-electron chi connectivity index (χ0n) is 11.1. The fourth-order valence-corrected chi connectivity index (χ4v) is 2.19. The van der Waals surface area contributed by atoms with Crippen LogP contribution in [0.15, 0.2) is 40.9 Å². The van der Waals surface area contributed by atoms with Crippen LogP contribution in [-0.2, 0) is 6.54 Å². The Morgan fingerprint density at radius 1 is 1.29 bits per heavy atom. The lowest BCUT2D eigenvalue weighted by atomic mass is 10.2. The van der Waals surface area contributed by atoms with Crippen LogP contribution in [0.4, 0.5) is 10.1 Å². The van der Waals surface area contributed by atoms with E-state index in [1.54, 1.807) is 19.2 Å². The zero-order valence-corrected chi connectivity index (χ0v) is 12.7. The van der Waals surface area contributed by atoms with E-state index in [9.17, 15) is 14.5 Å². The molecule has 0 aromatic heterocycles. The second-order valence-corrected chi connectivity index (χ2v) is 5.17. The third kappa shape index (κ3) is 3.77. The van der Waals surface area contributed by atoms with Crippen LogP contribution >= 0.6 is 15.9 Å². The van der Waals surface area contributed by atoms with Crippen LogP contribution in [0.3, 0.4) is 0 Å². The van der Waals surface area contributed by atoms with Crippen LogP contribution in [0.1, 0.15) is 5.56 Å². The Bertz CT molecular complexity index is 679. The number of non-ortho nitro benzene ring substituents is 1. The molecule has 2 aromatic rings. The first-order valence-corrected chi connectivity index (χ1v) is 6.85. The lowest BCUT2D eigenvalue weighted by molar-refractivity contribution is -0.385. The van der Waals surface area contributed by atoms with E-state index in [0.29, 0.717) is 12.3 Å². The molecule has 1 N–H and O–H groups in total. The molecule has 5 nitrogen and oxygen atoms in total. The molecule has 2 rings (SSSR count). The summed E-state index contributed by atoms with van der Waals surface area (Å²) in [6.07, 6.45) is 0. The van der Waals surface area contributed by atoms with Gasteiger partial charge in [-0.25, -0.2) is 4.39 Å². The van der Waals surface area contributed by atoms with Gasteiger partial charge in [-0.2, -0.15) is 0 Å². The molecule has 0 radical (unpaired) electrons. The molecule has 0 heterocycles. The second-order valence-electron chi connectivity index (χ2n) is 4.26. The number of nitrogens with one attached hydrogen (secondary N) is 1. The van der Waals surface area contributed by atoms with E-state index in [0.717, 1.165) is 16.1 Å². The Kier molecular flexibility index (Phi) is 4.87. The first-order chi connectivity index (χ1) is 10.0. The number of nitrogens with zero attached hydrogens (tertiary/aromatic N) is 1. The number of hydrogen-bond acceptors (Lipinski definition) is 4. The van der Waals surface area contributed by atoms with E-state index in [1.165, 1.54) is 12.1 Å². The van der Waals surface area contributed by atoms with Crippen LogP contribution in [0.2, 0.25) is 0 Å². The van der Waals surface area contributed by atoms with Gasteiger partial charge in [-0.3, -0.25) is 10.1 Å². The summed E-state index contributed by atoms with van der Waals surface area (Å²) in [5.41, 5.74) is 0.524. The summed E-state index contributed by atoms with van der Waals surface area (Å²) >= 11 is 3.36. The quantitative estimate of drug-likeness (QED) is 0.650. The van der Waals surface area contributed by atoms with Crippen molar-refractivity contribution in [3.63, 3.8) is 0 Å². The van der Waals surface area contributed by atoms with Gasteiger partial charge in [0.15, 0.2) is 11.6 Å². The average Bonchev–Trinajstić information content (AvgIpc) is 2.43. The lowest BCUT2D eigenvalue weighted by Gasteiger charge is -2.12. The van der Waals surface area contributed by atoms with Crippen molar-refractivity contribution < 1.29 is 14.1 Å². The third-order valence-corrected chi connectivity index (χ3v) is 3.23. The number of benzene rings is 2. The summed E-state index contributed by atoms with van der Waals surface area (Å²) in [5, 5.41) is 13.6. The minimum atomic E-state index is -0.775. The molecule has 0 spiro atoms. The van der Waals surface area contributed by atoms with Gasteiger partial charge in [0.25, 0.3) is 5.69 Å². The van der Waals surface area contributed by atoms with Crippen molar-refractivity contribution in [2.75, 3.05) is 7.05 Å². The smallest absolute Gasteiger partial charge is 0.272 e. The molecular formula is C14H12BrFN2O3. The lowest BCUT2D eigenvalue weighted by Crippen LogP contribution is -2.06. The largest absolute Gasteiger partial charge is 0.454 e. The maximum atomic E-state index is 13.8. The molecule has 0 unspecified atom stereocenters. The van der Waals surface area contributed by atoms with Crippen molar-refractivity contribution in [1.29, 1.82) is 0 Å². The van der Waals surface area contributed by atoms with Crippen LogP contribution < -0.4 is 10.1 Å². The maximum Gasteiger partial charge on any atom is 0.272 e. The van der Waals surface area contributed by atoms with Crippen molar-refractivity contribution in [2.45, 2.75) is 6.54 Å². The van der Waals surface area contributed by atoms with Gasteiger partial charge >= 0.3 is 0 Å². The molecular weight excluding hydrogens is 343 g/mol. The van der Waals surface area contributed by atoms with Crippen molar-refractivity contribution in [1.82, 2.24) is 5.32 Å². The Morgan fingerprint density at radius 3 is 2.62 bits per heavy atom. The van der Waals surface area contributed by atoms with E-state index in [-0.39, 0.29) is 11.4 Å². The molecule has 2 aromatic carbocycles. The summed E-state index contributed by atoms with van der Waals surface area (Å²) in [6, 6.07) is 8.63. The maximum absolute atomic E-state index is 13.8. The molecule has 0 saturated heterocycles. The van der Waals surface area contributed by atoms with Crippen molar-refractivity contribution in [2.24, 2.45) is 0 Å². The van der Waals surface area contributed by atoms with Crippen LogP contribution in [0.25, 0.3) is 0 Å². The molecule has 0 aliphatic rings. The molecule has 0 atom stereocenters. The normalized spacial score (nSPS) is 10.4. The highest BCUT2D eigenvalue weighted by Crippen LogP contribution is 2.31. The summed E-state index contributed by atoms with van der Waals surface area (Å²) in [7, 11) is 1.79. The molecule has 0 aliphatic carbocycles. The summed E-state index contributed by atoms with van der Waals surface area (Å²) < 4.78 is 20.2. The molecule has 0 saturated carbocycles. The highest BCUT2D eigenvalue weighted by molar-refractivity contribution is 9.10. The molecule has 110 valence electrons. The first kappa shape index (κ1) is 15.4. The van der Waals surface area contributed by atoms with E-state index in [2.05, 4.69) is 21.2 Å². The standard InChI is InChI=1S/C14H12BrFN2O3/c1-17-8-9-6-10(15)2-4-13(9)21-14-5-3-11(18(19)20)7-12(14)16/h2-7,17H,8H2,1H3. The second kappa shape index (κ2) is 6.64. The molecule has 7 heteroatoms. The minimum Gasteiger partial charge on any atom is -0.454 e. The highest BCUT2D eigenvalue weighted by atomic mass is 79.9. The monoisotopic (exact) mass is 354 g/mol. The van der Waals surface area contributed by atoms with Gasteiger partial charge in [0.2, 0.25) is 0 Å². The SMILES string of the molecule is CNCc1cc(Br)ccc1Oc1ccc([N+](=O)[O-])cc1F. The Labute approximate surface area is 129 Å². The number of hydrogen-bond donors (Lipinski definition) is 1. The number of nitro benzene ring substituents is 1.